The van der Waals surface area contributed by atoms with E-state index in [2.05, 4.69) is 13.8 Å². The third-order valence-electron chi connectivity index (χ3n) is 3.80. The lowest BCUT2D eigenvalue weighted by atomic mass is 9.68. The quantitative estimate of drug-likeness (QED) is 0.836. The minimum absolute atomic E-state index is 0.00747. The van der Waals surface area contributed by atoms with Crippen molar-refractivity contribution in [1.82, 2.24) is 4.90 Å². The van der Waals surface area contributed by atoms with Crippen LogP contribution < -0.4 is 5.73 Å². The van der Waals surface area contributed by atoms with E-state index in [1.807, 2.05) is 0 Å². The smallest absolute Gasteiger partial charge is 0.327 e. The Morgan fingerprint density at radius 3 is 2.47 bits per heavy atom. The normalized spacial score (nSPS) is 29.6. The summed E-state index contributed by atoms with van der Waals surface area (Å²) in [6, 6.07) is -0.00747. The van der Waals surface area contributed by atoms with Crippen molar-refractivity contribution in [1.29, 1.82) is 0 Å². The molecule has 1 saturated carbocycles. The molecule has 2 atom stereocenters. The van der Waals surface area contributed by atoms with E-state index in [1.54, 1.807) is 0 Å². The largest absolute Gasteiger partial charge is 0.401 e. The van der Waals surface area contributed by atoms with E-state index >= 15 is 0 Å². The average molecular weight is 252 g/mol. The van der Waals surface area contributed by atoms with Gasteiger partial charge >= 0.3 is 6.18 Å². The molecule has 0 aliphatic heterocycles. The molecule has 1 rings (SSSR count). The van der Waals surface area contributed by atoms with Gasteiger partial charge in [0.25, 0.3) is 0 Å². The number of alkyl halides is 3. The highest BCUT2D eigenvalue weighted by Gasteiger charge is 2.38. The Morgan fingerprint density at radius 1 is 1.35 bits per heavy atom. The zero-order valence-corrected chi connectivity index (χ0v) is 10.8. The first-order valence-electron chi connectivity index (χ1n) is 6.13. The predicted octanol–water partition coefficient (Wildman–Crippen LogP) is 2.63. The molecule has 0 aromatic heterocycles. The summed E-state index contributed by atoms with van der Waals surface area (Å²) in [5.41, 5.74) is 6.20. The molecule has 0 saturated heterocycles. The van der Waals surface area contributed by atoms with Crippen LogP contribution in [0.4, 0.5) is 13.2 Å². The molecule has 0 radical (unpaired) electrons. The molecule has 2 N–H and O–H groups in total. The van der Waals surface area contributed by atoms with Gasteiger partial charge in [-0.3, -0.25) is 4.90 Å². The van der Waals surface area contributed by atoms with E-state index in [0.717, 1.165) is 19.3 Å². The molecule has 0 spiro atoms. The highest BCUT2D eigenvalue weighted by molar-refractivity contribution is 4.92. The van der Waals surface area contributed by atoms with Gasteiger partial charge in [-0.1, -0.05) is 20.3 Å². The fourth-order valence-corrected chi connectivity index (χ4v) is 2.78. The third kappa shape index (κ3) is 4.47. The Kier molecular flexibility index (Phi) is 4.47. The zero-order chi connectivity index (χ0) is 13.3. The molecule has 2 nitrogen and oxygen atoms in total. The second kappa shape index (κ2) is 5.14. The lowest BCUT2D eigenvalue weighted by molar-refractivity contribution is -0.144. The van der Waals surface area contributed by atoms with Gasteiger partial charge in [0.1, 0.15) is 0 Å². The van der Waals surface area contributed by atoms with Crippen LogP contribution in [0.25, 0.3) is 0 Å². The summed E-state index contributed by atoms with van der Waals surface area (Å²) in [6.07, 6.45) is -1.06. The molecule has 0 aromatic carbocycles. The SMILES string of the molecule is CN(CC1CCCC(C)(C)C1N)CC(F)(F)F. The van der Waals surface area contributed by atoms with Gasteiger partial charge in [-0.2, -0.15) is 13.2 Å². The fraction of sp³-hybridized carbons (Fsp3) is 1.00. The van der Waals surface area contributed by atoms with Crippen molar-refractivity contribution in [3.63, 3.8) is 0 Å². The van der Waals surface area contributed by atoms with Gasteiger partial charge in [-0.25, -0.2) is 0 Å². The minimum Gasteiger partial charge on any atom is -0.327 e. The monoisotopic (exact) mass is 252 g/mol. The molecule has 5 heteroatoms. The molecule has 0 aromatic rings. The van der Waals surface area contributed by atoms with Gasteiger partial charge in [0.05, 0.1) is 6.54 Å². The summed E-state index contributed by atoms with van der Waals surface area (Å²) in [7, 11) is 1.52. The van der Waals surface area contributed by atoms with Crippen molar-refractivity contribution >= 4 is 0 Å². The van der Waals surface area contributed by atoms with Crippen molar-refractivity contribution in [3.05, 3.63) is 0 Å². The lowest BCUT2D eigenvalue weighted by Gasteiger charge is -2.43. The Hall–Kier alpha value is -0.290. The first kappa shape index (κ1) is 14.8. The number of rotatable bonds is 3. The van der Waals surface area contributed by atoms with Crippen LogP contribution in [0, 0.1) is 11.3 Å². The second-order valence-corrected chi connectivity index (χ2v) is 5.98. The molecule has 102 valence electrons. The molecule has 1 fully saturated rings. The minimum atomic E-state index is -4.12. The molecule has 0 heterocycles. The van der Waals surface area contributed by atoms with Crippen LogP contribution in [0.2, 0.25) is 0 Å². The van der Waals surface area contributed by atoms with Crippen LogP contribution in [-0.2, 0) is 0 Å². The molecule has 1 aliphatic carbocycles. The summed E-state index contributed by atoms with van der Waals surface area (Å²) < 4.78 is 36.7. The van der Waals surface area contributed by atoms with E-state index in [-0.39, 0.29) is 17.4 Å². The van der Waals surface area contributed by atoms with Crippen molar-refractivity contribution in [2.45, 2.75) is 45.3 Å². The average Bonchev–Trinajstić information content (AvgIpc) is 2.09. The van der Waals surface area contributed by atoms with Gasteiger partial charge in [0.15, 0.2) is 0 Å². The van der Waals surface area contributed by atoms with Crippen molar-refractivity contribution in [3.8, 4) is 0 Å². The van der Waals surface area contributed by atoms with Crippen molar-refractivity contribution in [2.75, 3.05) is 20.1 Å². The standard InChI is InChI=1S/C12H23F3N2/c1-11(2)6-4-5-9(10(11)16)7-17(3)8-12(13,14)15/h9-10H,4-8,16H2,1-3H3. The highest BCUT2D eigenvalue weighted by atomic mass is 19.4. The van der Waals surface area contributed by atoms with Gasteiger partial charge in [0, 0.05) is 12.6 Å². The Bertz CT molecular complexity index is 251. The van der Waals surface area contributed by atoms with Crippen LogP contribution >= 0.6 is 0 Å². The lowest BCUT2D eigenvalue weighted by Crippen LogP contribution is -2.50. The van der Waals surface area contributed by atoms with Crippen molar-refractivity contribution < 1.29 is 13.2 Å². The molecule has 0 bridgehead atoms. The van der Waals surface area contributed by atoms with Gasteiger partial charge in [-0.05, 0) is 31.2 Å². The van der Waals surface area contributed by atoms with Crippen LogP contribution in [0.15, 0.2) is 0 Å². The van der Waals surface area contributed by atoms with Gasteiger partial charge in [-0.15, -0.1) is 0 Å². The molecule has 1 aliphatic rings. The number of nitrogens with zero attached hydrogens (tertiary/aromatic N) is 1. The molecular formula is C12H23F3N2. The van der Waals surface area contributed by atoms with E-state index in [4.69, 9.17) is 5.73 Å². The summed E-state index contributed by atoms with van der Waals surface area (Å²) in [5.74, 6) is 0.172. The van der Waals surface area contributed by atoms with E-state index in [1.165, 1.54) is 11.9 Å². The maximum atomic E-state index is 12.2. The van der Waals surface area contributed by atoms with Crippen molar-refractivity contribution in [2.24, 2.45) is 17.1 Å². The molecule has 0 amide bonds. The first-order valence-corrected chi connectivity index (χ1v) is 6.13. The molecular weight excluding hydrogens is 229 g/mol. The maximum Gasteiger partial charge on any atom is 0.401 e. The number of hydrogen-bond donors (Lipinski definition) is 1. The fourth-order valence-electron chi connectivity index (χ4n) is 2.78. The number of nitrogens with two attached hydrogens (primary N) is 1. The number of halogens is 3. The summed E-state index contributed by atoms with van der Waals surface area (Å²) in [4.78, 5) is 1.34. The first-order chi connectivity index (χ1) is 7.62. The molecule has 17 heavy (non-hydrogen) atoms. The van der Waals surface area contributed by atoms with E-state index < -0.39 is 12.7 Å². The Morgan fingerprint density at radius 2 is 1.94 bits per heavy atom. The van der Waals surface area contributed by atoms with Gasteiger partial charge < -0.3 is 5.73 Å². The van der Waals surface area contributed by atoms with E-state index in [0.29, 0.717) is 6.54 Å². The van der Waals surface area contributed by atoms with Crippen LogP contribution in [0.5, 0.6) is 0 Å². The van der Waals surface area contributed by atoms with Gasteiger partial charge in [0.2, 0.25) is 0 Å². The molecule has 2 unspecified atom stereocenters. The summed E-state index contributed by atoms with van der Waals surface area (Å²) in [6.45, 7) is 3.79. The Labute approximate surface area is 101 Å². The second-order valence-electron chi connectivity index (χ2n) is 5.98. The van der Waals surface area contributed by atoms with Crippen LogP contribution in [-0.4, -0.2) is 37.3 Å². The Balaban J connectivity index is 2.51. The zero-order valence-electron chi connectivity index (χ0n) is 10.8. The summed E-state index contributed by atoms with van der Waals surface area (Å²) >= 11 is 0. The van der Waals surface area contributed by atoms with E-state index in [9.17, 15) is 13.2 Å². The van der Waals surface area contributed by atoms with Crippen LogP contribution in [0.1, 0.15) is 33.1 Å². The maximum absolute atomic E-state index is 12.2. The summed E-state index contributed by atoms with van der Waals surface area (Å²) in [5, 5.41) is 0. The topological polar surface area (TPSA) is 29.3 Å². The highest BCUT2D eigenvalue weighted by Crippen LogP contribution is 2.38. The predicted molar refractivity (Wildman–Crippen MR) is 62.6 cm³/mol. The van der Waals surface area contributed by atoms with Crippen LogP contribution in [0.3, 0.4) is 0 Å². The number of hydrogen-bond acceptors (Lipinski definition) is 2. The third-order valence-corrected chi connectivity index (χ3v) is 3.80.